The van der Waals surface area contributed by atoms with E-state index in [-0.39, 0.29) is 12.5 Å². The summed E-state index contributed by atoms with van der Waals surface area (Å²) in [5.41, 5.74) is -0.472. The van der Waals surface area contributed by atoms with Crippen LogP contribution in [0.2, 0.25) is 0 Å². The monoisotopic (exact) mass is 344 g/mol. The van der Waals surface area contributed by atoms with Crippen molar-refractivity contribution < 1.29 is 27.5 Å². The van der Waals surface area contributed by atoms with E-state index in [0.717, 1.165) is 18.6 Å². The smallest absolute Gasteiger partial charge is 0.252 e. The van der Waals surface area contributed by atoms with Gasteiger partial charge >= 0.3 is 0 Å². The highest BCUT2D eigenvalue weighted by Crippen LogP contribution is 2.20. The highest BCUT2D eigenvalue weighted by atomic mass is 19.2. The van der Waals surface area contributed by atoms with E-state index >= 15 is 0 Å². The van der Waals surface area contributed by atoms with Gasteiger partial charge in [-0.15, -0.1) is 0 Å². The van der Waals surface area contributed by atoms with Gasteiger partial charge in [0, 0.05) is 13.2 Å². The van der Waals surface area contributed by atoms with Gasteiger partial charge in [0.05, 0.1) is 12.2 Å². The van der Waals surface area contributed by atoms with Gasteiger partial charge in [-0.3, -0.25) is 9.59 Å². The number of nitrogens with one attached hydrogen (secondary N) is 1. The average molecular weight is 344 g/mol. The van der Waals surface area contributed by atoms with Gasteiger partial charge in [-0.1, -0.05) is 6.92 Å². The summed E-state index contributed by atoms with van der Waals surface area (Å²) < 4.78 is 45.0. The second-order valence-corrected chi connectivity index (χ2v) is 5.53. The number of hydrogen-bond acceptors (Lipinski definition) is 3. The van der Waals surface area contributed by atoms with E-state index in [1.54, 1.807) is 0 Å². The van der Waals surface area contributed by atoms with Crippen LogP contribution in [0.25, 0.3) is 0 Å². The fourth-order valence-corrected chi connectivity index (χ4v) is 2.50. The molecule has 1 saturated heterocycles. The van der Waals surface area contributed by atoms with Crippen molar-refractivity contribution in [3.05, 3.63) is 29.6 Å². The van der Waals surface area contributed by atoms with Gasteiger partial charge in [0.1, 0.15) is 6.10 Å². The fraction of sp³-hybridized carbons (Fsp3) is 0.500. The second kappa shape index (κ2) is 8.14. The van der Waals surface area contributed by atoms with Crippen molar-refractivity contribution >= 4 is 17.5 Å². The molecule has 1 aliphatic heterocycles. The summed E-state index contributed by atoms with van der Waals surface area (Å²) in [6.07, 6.45) is 1.44. The topological polar surface area (TPSA) is 58.6 Å². The van der Waals surface area contributed by atoms with Gasteiger partial charge in [0.2, 0.25) is 5.91 Å². The van der Waals surface area contributed by atoms with Crippen molar-refractivity contribution in [3.63, 3.8) is 0 Å². The van der Waals surface area contributed by atoms with Crippen LogP contribution in [0.4, 0.5) is 18.9 Å². The maximum absolute atomic E-state index is 13.6. The van der Waals surface area contributed by atoms with E-state index in [1.807, 2.05) is 6.92 Å². The number of hydrogen-bond donors (Lipinski definition) is 1. The summed E-state index contributed by atoms with van der Waals surface area (Å²) in [5, 5.41) is 2.16. The maximum atomic E-state index is 13.6. The first kappa shape index (κ1) is 18.3. The molecule has 1 aromatic carbocycles. The van der Waals surface area contributed by atoms with Crippen LogP contribution < -0.4 is 5.32 Å². The third-order valence-corrected chi connectivity index (χ3v) is 3.65. The first-order chi connectivity index (χ1) is 11.4. The van der Waals surface area contributed by atoms with Crippen LogP contribution in [-0.2, 0) is 14.3 Å². The number of ether oxygens (including phenoxy) is 1. The number of amides is 2. The van der Waals surface area contributed by atoms with E-state index in [0.29, 0.717) is 26.0 Å². The summed E-state index contributed by atoms with van der Waals surface area (Å²) in [7, 11) is 0. The minimum Gasteiger partial charge on any atom is -0.368 e. The van der Waals surface area contributed by atoms with E-state index in [4.69, 9.17) is 4.74 Å². The van der Waals surface area contributed by atoms with E-state index in [2.05, 4.69) is 5.32 Å². The number of nitrogens with zero attached hydrogens (tertiary/aromatic N) is 1. The summed E-state index contributed by atoms with van der Waals surface area (Å²) in [5.74, 6) is -5.47. The summed E-state index contributed by atoms with van der Waals surface area (Å²) in [4.78, 5) is 25.7. The number of anilines is 1. The minimum atomic E-state index is -1.66. The molecule has 2 rings (SSSR count). The Balaban J connectivity index is 2.02. The number of rotatable bonds is 6. The van der Waals surface area contributed by atoms with Crippen LogP contribution in [0.15, 0.2) is 12.1 Å². The Morgan fingerprint density at radius 1 is 1.29 bits per heavy atom. The molecule has 0 saturated carbocycles. The van der Waals surface area contributed by atoms with Gasteiger partial charge in [-0.2, -0.15) is 0 Å². The largest absolute Gasteiger partial charge is 0.368 e. The molecule has 5 nitrogen and oxygen atoms in total. The standard InChI is InChI=1S/C16H19F3N2O3/c1-2-7-21(16(23)12-4-3-8-24-12)9-13(22)20-11-6-5-10(17)14(18)15(11)19/h5-6,12H,2-4,7-9H2,1H3,(H,20,22). The van der Waals surface area contributed by atoms with E-state index in [9.17, 15) is 22.8 Å². The highest BCUT2D eigenvalue weighted by Gasteiger charge is 2.29. The maximum Gasteiger partial charge on any atom is 0.252 e. The molecule has 8 heteroatoms. The zero-order valence-corrected chi connectivity index (χ0v) is 13.3. The van der Waals surface area contributed by atoms with Gasteiger partial charge in [-0.05, 0) is 31.4 Å². The fourth-order valence-electron chi connectivity index (χ4n) is 2.50. The van der Waals surface area contributed by atoms with Crippen LogP contribution >= 0.6 is 0 Å². The minimum absolute atomic E-state index is 0.296. The SMILES string of the molecule is CCCN(CC(=O)Nc1ccc(F)c(F)c1F)C(=O)C1CCCO1. The zero-order chi connectivity index (χ0) is 17.7. The Hall–Kier alpha value is -2.09. The molecule has 1 unspecified atom stereocenters. The third-order valence-electron chi connectivity index (χ3n) is 3.65. The molecule has 24 heavy (non-hydrogen) atoms. The molecule has 1 N–H and O–H groups in total. The van der Waals surface area contributed by atoms with Gasteiger partial charge in [0.15, 0.2) is 17.5 Å². The molecular formula is C16H19F3N2O3. The van der Waals surface area contributed by atoms with Crippen molar-refractivity contribution in [2.45, 2.75) is 32.3 Å². The highest BCUT2D eigenvalue weighted by molar-refractivity contribution is 5.95. The molecule has 2 amide bonds. The predicted molar refractivity (Wildman–Crippen MR) is 80.8 cm³/mol. The number of benzene rings is 1. The number of carbonyl (C=O) groups excluding carboxylic acids is 2. The van der Waals surface area contributed by atoms with Crippen molar-refractivity contribution in [2.75, 3.05) is 25.0 Å². The molecule has 0 radical (unpaired) electrons. The van der Waals surface area contributed by atoms with E-state index < -0.39 is 35.2 Å². The van der Waals surface area contributed by atoms with Crippen LogP contribution in [-0.4, -0.2) is 42.5 Å². The molecule has 1 atom stereocenters. The van der Waals surface area contributed by atoms with Crippen LogP contribution in [0.3, 0.4) is 0 Å². The summed E-state index contributed by atoms with van der Waals surface area (Å²) >= 11 is 0. The molecule has 1 fully saturated rings. The lowest BCUT2D eigenvalue weighted by molar-refractivity contribution is -0.143. The van der Waals surface area contributed by atoms with Crippen LogP contribution in [0, 0.1) is 17.5 Å². The quantitative estimate of drug-likeness (QED) is 0.807. The summed E-state index contributed by atoms with van der Waals surface area (Å²) in [6.45, 7) is 2.38. The first-order valence-corrected chi connectivity index (χ1v) is 7.77. The third kappa shape index (κ3) is 4.25. The second-order valence-electron chi connectivity index (χ2n) is 5.53. The van der Waals surface area contributed by atoms with Crippen LogP contribution in [0.5, 0.6) is 0 Å². The average Bonchev–Trinajstić information content (AvgIpc) is 3.09. The number of carbonyl (C=O) groups is 2. The Labute approximate surface area is 137 Å². The van der Waals surface area contributed by atoms with Gasteiger partial charge < -0.3 is 15.0 Å². The molecule has 1 aromatic rings. The molecule has 0 aromatic heterocycles. The Morgan fingerprint density at radius 2 is 2.04 bits per heavy atom. The molecule has 132 valence electrons. The zero-order valence-electron chi connectivity index (χ0n) is 13.3. The van der Waals surface area contributed by atoms with Crippen molar-refractivity contribution in [3.8, 4) is 0 Å². The summed E-state index contributed by atoms with van der Waals surface area (Å²) in [6, 6.07) is 1.65. The Morgan fingerprint density at radius 3 is 2.67 bits per heavy atom. The van der Waals surface area contributed by atoms with Gasteiger partial charge in [0.25, 0.3) is 5.91 Å². The lowest BCUT2D eigenvalue weighted by atomic mass is 10.2. The van der Waals surface area contributed by atoms with E-state index in [1.165, 1.54) is 4.90 Å². The van der Waals surface area contributed by atoms with Gasteiger partial charge in [-0.25, -0.2) is 13.2 Å². The Kier molecular flexibility index (Phi) is 6.19. The van der Waals surface area contributed by atoms with Crippen molar-refractivity contribution in [2.24, 2.45) is 0 Å². The molecular weight excluding hydrogens is 325 g/mol. The molecule has 0 bridgehead atoms. The molecule has 1 aliphatic rings. The van der Waals surface area contributed by atoms with Crippen molar-refractivity contribution in [1.29, 1.82) is 0 Å². The lowest BCUT2D eigenvalue weighted by Gasteiger charge is -2.24. The number of halogens is 3. The lowest BCUT2D eigenvalue weighted by Crippen LogP contribution is -2.43. The first-order valence-electron chi connectivity index (χ1n) is 7.77. The van der Waals surface area contributed by atoms with Crippen LogP contribution in [0.1, 0.15) is 26.2 Å². The Bertz CT molecular complexity index is 619. The molecule has 0 aliphatic carbocycles. The van der Waals surface area contributed by atoms with Crippen molar-refractivity contribution in [1.82, 2.24) is 4.90 Å². The molecule has 1 heterocycles. The normalized spacial score (nSPS) is 16.9. The predicted octanol–water partition coefficient (Wildman–Crippen LogP) is 2.46. The molecule has 0 spiro atoms.